The first kappa shape index (κ1) is 14.8. The Morgan fingerprint density at radius 2 is 2.18 bits per heavy atom. The predicted octanol–water partition coefficient (Wildman–Crippen LogP) is 2.10. The van der Waals surface area contributed by atoms with Crippen molar-refractivity contribution in [3.63, 3.8) is 0 Å². The molecule has 1 aliphatic carbocycles. The van der Waals surface area contributed by atoms with Crippen LogP contribution in [0.5, 0.6) is 0 Å². The number of hydrogen-bond donors (Lipinski definition) is 2. The molecule has 1 aliphatic heterocycles. The molecule has 2 N–H and O–H groups in total. The molecular weight excluding hydrogens is 236 g/mol. The molecule has 1 saturated heterocycles. The lowest BCUT2D eigenvalue weighted by Gasteiger charge is -2.27. The van der Waals surface area contributed by atoms with Crippen molar-refractivity contribution in [3.05, 3.63) is 0 Å². The summed E-state index contributed by atoms with van der Waals surface area (Å²) in [4.78, 5) is 12.0. The Morgan fingerprint density at radius 1 is 1.47 bits per heavy atom. The van der Waals surface area contributed by atoms with Crippen LogP contribution in [0.25, 0.3) is 0 Å². The first-order valence-electron chi connectivity index (χ1n) is 6.66. The summed E-state index contributed by atoms with van der Waals surface area (Å²) in [5.74, 6) is 0.525. The normalized spacial score (nSPS) is 30.2. The highest BCUT2D eigenvalue weighted by atomic mass is 35.5. The van der Waals surface area contributed by atoms with Gasteiger partial charge in [-0.3, -0.25) is 4.79 Å². The van der Waals surface area contributed by atoms with Gasteiger partial charge in [0.15, 0.2) is 0 Å². The quantitative estimate of drug-likeness (QED) is 0.813. The van der Waals surface area contributed by atoms with E-state index < -0.39 is 0 Å². The molecule has 0 aromatic carbocycles. The van der Waals surface area contributed by atoms with Gasteiger partial charge in [-0.1, -0.05) is 6.92 Å². The monoisotopic (exact) mass is 260 g/mol. The van der Waals surface area contributed by atoms with Gasteiger partial charge in [-0.15, -0.1) is 12.4 Å². The smallest absolute Gasteiger partial charge is 0.223 e. The van der Waals surface area contributed by atoms with Crippen LogP contribution in [0, 0.1) is 11.3 Å². The van der Waals surface area contributed by atoms with Crippen LogP contribution in [0.15, 0.2) is 0 Å². The molecule has 4 heteroatoms. The summed E-state index contributed by atoms with van der Waals surface area (Å²) in [6.45, 7) is 6.28. The molecule has 2 aliphatic rings. The molecule has 2 atom stereocenters. The molecule has 0 aromatic rings. The topological polar surface area (TPSA) is 41.1 Å². The van der Waals surface area contributed by atoms with Crippen molar-refractivity contribution in [2.45, 2.75) is 52.0 Å². The number of piperidine rings is 1. The third-order valence-electron chi connectivity index (χ3n) is 4.34. The van der Waals surface area contributed by atoms with Crippen LogP contribution >= 0.6 is 12.4 Å². The summed E-state index contributed by atoms with van der Waals surface area (Å²) in [5, 5.41) is 6.54. The van der Waals surface area contributed by atoms with Crippen molar-refractivity contribution in [2.75, 3.05) is 13.1 Å². The average molecular weight is 261 g/mol. The van der Waals surface area contributed by atoms with Crippen LogP contribution in [-0.2, 0) is 4.79 Å². The third kappa shape index (κ3) is 3.85. The highest BCUT2D eigenvalue weighted by Crippen LogP contribution is 2.47. The van der Waals surface area contributed by atoms with Gasteiger partial charge in [0.1, 0.15) is 0 Å². The Kier molecular flexibility index (Phi) is 5.26. The lowest BCUT2D eigenvalue weighted by atomic mass is 9.92. The maximum Gasteiger partial charge on any atom is 0.223 e. The van der Waals surface area contributed by atoms with Gasteiger partial charge in [0, 0.05) is 18.5 Å². The number of carbonyl (C=O) groups excluding carboxylic acids is 1. The van der Waals surface area contributed by atoms with Gasteiger partial charge in [-0.05, 0) is 51.0 Å². The van der Waals surface area contributed by atoms with Crippen molar-refractivity contribution in [1.82, 2.24) is 10.6 Å². The van der Waals surface area contributed by atoms with Gasteiger partial charge >= 0.3 is 0 Å². The molecule has 3 nitrogen and oxygen atoms in total. The number of hydrogen-bond acceptors (Lipinski definition) is 2. The molecule has 1 heterocycles. The minimum absolute atomic E-state index is 0. The van der Waals surface area contributed by atoms with Crippen LogP contribution in [0.4, 0.5) is 0 Å². The number of amides is 1. The first-order valence-corrected chi connectivity index (χ1v) is 6.66. The van der Waals surface area contributed by atoms with Crippen LogP contribution in [0.2, 0.25) is 0 Å². The Hall–Kier alpha value is -0.280. The molecule has 0 unspecified atom stereocenters. The minimum atomic E-state index is 0. The zero-order valence-electron chi connectivity index (χ0n) is 10.9. The van der Waals surface area contributed by atoms with E-state index in [-0.39, 0.29) is 24.2 Å². The van der Waals surface area contributed by atoms with E-state index in [1.54, 1.807) is 0 Å². The van der Waals surface area contributed by atoms with Crippen molar-refractivity contribution < 1.29 is 4.79 Å². The third-order valence-corrected chi connectivity index (χ3v) is 4.34. The molecule has 2 rings (SSSR count). The molecule has 0 bridgehead atoms. The van der Waals surface area contributed by atoms with Crippen molar-refractivity contribution in [3.8, 4) is 0 Å². The molecule has 2 fully saturated rings. The van der Waals surface area contributed by atoms with E-state index in [1.807, 2.05) is 0 Å². The van der Waals surface area contributed by atoms with Gasteiger partial charge in [0.25, 0.3) is 0 Å². The zero-order chi connectivity index (χ0) is 11.6. The largest absolute Gasteiger partial charge is 0.355 e. The molecule has 1 saturated carbocycles. The second kappa shape index (κ2) is 6.05. The van der Waals surface area contributed by atoms with Crippen molar-refractivity contribution in [2.24, 2.45) is 11.3 Å². The fourth-order valence-electron chi connectivity index (χ4n) is 2.62. The summed E-state index contributed by atoms with van der Waals surface area (Å²) in [6, 6.07) is 0.491. The van der Waals surface area contributed by atoms with Gasteiger partial charge in [0.05, 0.1) is 0 Å². The Labute approximate surface area is 111 Å². The molecule has 0 aromatic heterocycles. The zero-order valence-corrected chi connectivity index (χ0v) is 11.7. The second-order valence-corrected chi connectivity index (χ2v) is 5.65. The van der Waals surface area contributed by atoms with E-state index in [1.165, 1.54) is 19.3 Å². The van der Waals surface area contributed by atoms with E-state index >= 15 is 0 Å². The van der Waals surface area contributed by atoms with Gasteiger partial charge in [-0.2, -0.15) is 0 Å². The lowest BCUT2D eigenvalue weighted by Crippen LogP contribution is -2.43. The molecule has 0 spiro atoms. The molecular formula is C13H25ClN2O. The van der Waals surface area contributed by atoms with Crippen LogP contribution in [-0.4, -0.2) is 25.0 Å². The van der Waals surface area contributed by atoms with Crippen LogP contribution in [0.3, 0.4) is 0 Å². The maximum atomic E-state index is 12.0. The van der Waals surface area contributed by atoms with Gasteiger partial charge in [-0.25, -0.2) is 0 Å². The molecule has 0 radical (unpaired) electrons. The summed E-state index contributed by atoms with van der Waals surface area (Å²) in [6.07, 6.45) is 5.79. The van der Waals surface area contributed by atoms with Crippen LogP contribution < -0.4 is 10.6 Å². The lowest BCUT2D eigenvalue weighted by molar-refractivity contribution is -0.126. The highest BCUT2D eigenvalue weighted by Gasteiger charge is 2.41. The number of nitrogens with one attached hydrogen (secondary N) is 2. The summed E-state index contributed by atoms with van der Waals surface area (Å²) in [5.41, 5.74) is 0.466. The predicted molar refractivity (Wildman–Crippen MR) is 72.4 cm³/mol. The van der Waals surface area contributed by atoms with E-state index in [4.69, 9.17) is 0 Å². The fourth-order valence-corrected chi connectivity index (χ4v) is 2.62. The van der Waals surface area contributed by atoms with E-state index in [2.05, 4.69) is 24.5 Å². The Bertz CT molecular complexity index is 266. The summed E-state index contributed by atoms with van der Waals surface area (Å²) < 4.78 is 0. The Morgan fingerprint density at radius 3 is 2.71 bits per heavy atom. The SMILES string of the molecule is CCC1(CNC(=O)[C@H]2CCN[C@@H](C)C2)CC1.Cl. The van der Waals surface area contributed by atoms with Gasteiger partial charge in [0.2, 0.25) is 5.91 Å². The van der Waals surface area contributed by atoms with E-state index in [9.17, 15) is 4.79 Å². The maximum absolute atomic E-state index is 12.0. The van der Waals surface area contributed by atoms with E-state index in [0.29, 0.717) is 11.5 Å². The summed E-state index contributed by atoms with van der Waals surface area (Å²) >= 11 is 0. The molecule has 17 heavy (non-hydrogen) atoms. The average Bonchev–Trinajstić information content (AvgIpc) is 3.07. The molecule has 1 amide bonds. The molecule has 100 valence electrons. The van der Waals surface area contributed by atoms with Crippen molar-refractivity contribution >= 4 is 18.3 Å². The second-order valence-electron chi connectivity index (χ2n) is 5.65. The fraction of sp³-hybridized carbons (Fsp3) is 0.923. The summed E-state index contributed by atoms with van der Waals surface area (Å²) in [7, 11) is 0. The standard InChI is InChI=1S/C13H24N2O.ClH/c1-3-13(5-6-13)9-15-12(16)11-4-7-14-10(2)8-11;/h10-11,14H,3-9H2,1-2H3,(H,15,16);1H/t10-,11-;/m0./s1. The van der Waals surface area contributed by atoms with Gasteiger partial charge < -0.3 is 10.6 Å². The first-order chi connectivity index (χ1) is 7.65. The van der Waals surface area contributed by atoms with Crippen LogP contribution in [0.1, 0.15) is 46.0 Å². The highest BCUT2D eigenvalue weighted by molar-refractivity contribution is 5.85. The number of carbonyl (C=O) groups is 1. The van der Waals surface area contributed by atoms with E-state index in [0.717, 1.165) is 25.9 Å². The minimum Gasteiger partial charge on any atom is -0.355 e. The van der Waals surface area contributed by atoms with Crippen molar-refractivity contribution in [1.29, 1.82) is 0 Å². The number of rotatable bonds is 4. The Balaban J connectivity index is 0.00000144. The number of halogens is 1.